The van der Waals surface area contributed by atoms with Crippen molar-refractivity contribution in [3.05, 3.63) is 0 Å². The van der Waals surface area contributed by atoms with Gasteiger partial charge < -0.3 is 4.55 Å². The van der Waals surface area contributed by atoms with Crippen LogP contribution in [0.4, 0.5) is 0 Å². The summed E-state index contributed by atoms with van der Waals surface area (Å²) < 4.78 is 20.5. The highest BCUT2D eigenvalue weighted by Crippen LogP contribution is 2.11. The van der Waals surface area contributed by atoms with E-state index in [0.717, 1.165) is 12.8 Å². The van der Waals surface area contributed by atoms with Crippen LogP contribution in [0.3, 0.4) is 0 Å². The highest BCUT2D eigenvalue weighted by molar-refractivity contribution is 7.79. The van der Waals surface area contributed by atoms with Crippen molar-refractivity contribution in [1.82, 2.24) is 0 Å². The van der Waals surface area contributed by atoms with Gasteiger partial charge in [0.25, 0.3) is 0 Å². The maximum Gasteiger partial charge on any atom is 0.0102 e. The molecule has 0 saturated carbocycles. The first kappa shape index (κ1) is 16.1. The first-order valence-electron chi connectivity index (χ1n) is 6.83. The largest absolute Gasteiger partial charge is 0.772 e. The Kier molecular flexibility index (Phi) is 13.3. The average Bonchev–Trinajstić information content (AvgIpc) is 2.25. The molecule has 0 N–H and O–H groups in total. The molecule has 0 aromatic rings. The number of hydrogen-bond acceptors (Lipinski definition) is 2. The van der Waals surface area contributed by atoms with E-state index in [0.29, 0.717) is 5.75 Å². The molecule has 0 bridgehead atoms. The maximum atomic E-state index is 10.3. The van der Waals surface area contributed by atoms with E-state index in [-0.39, 0.29) is 0 Å². The highest BCUT2D eigenvalue weighted by atomic mass is 32.2. The first-order valence-corrected chi connectivity index (χ1v) is 8.07. The molecule has 1 unspecified atom stereocenters. The van der Waals surface area contributed by atoms with Crippen molar-refractivity contribution in [3.8, 4) is 0 Å². The van der Waals surface area contributed by atoms with Crippen LogP contribution in [-0.2, 0) is 11.1 Å². The van der Waals surface area contributed by atoms with Crippen LogP contribution < -0.4 is 0 Å². The summed E-state index contributed by atoms with van der Waals surface area (Å²) in [5.74, 6) is 0.344. The van der Waals surface area contributed by atoms with E-state index in [1.807, 2.05) is 0 Å². The van der Waals surface area contributed by atoms with Gasteiger partial charge in [-0.1, -0.05) is 82.2 Å². The molecule has 0 aliphatic rings. The van der Waals surface area contributed by atoms with Gasteiger partial charge in [-0.05, 0) is 6.42 Å². The van der Waals surface area contributed by atoms with Gasteiger partial charge in [0, 0.05) is 5.75 Å². The first-order chi connectivity index (χ1) is 7.77. The summed E-state index contributed by atoms with van der Waals surface area (Å²) in [4.78, 5) is 0. The molecule has 2 nitrogen and oxygen atoms in total. The second-order valence-electron chi connectivity index (χ2n) is 4.54. The zero-order valence-corrected chi connectivity index (χ0v) is 11.5. The Morgan fingerprint density at radius 1 is 0.750 bits per heavy atom. The van der Waals surface area contributed by atoms with Gasteiger partial charge in [0.05, 0.1) is 0 Å². The van der Waals surface area contributed by atoms with E-state index in [4.69, 9.17) is 0 Å². The lowest BCUT2D eigenvalue weighted by Crippen LogP contribution is -1.94. The van der Waals surface area contributed by atoms with Crippen molar-refractivity contribution in [2.45, 2.75) is 77.6 Å². The molecule has 1 atom stereocenters. The third-order valence-corrected chi connectivity index (χ3v) is 3.54. The van der Waals surface area contributed by atoms with Crippen LogP contribution >= 0.6 is 0 Å². The molecule has 0 saturated heterocycles. The molecule has 0 radical (unpaired) electrons. The van der Waals surface area contributed by atoms with Gasteiger partial charge in [0.2, 0.25) is 0 Å². The van der Waals surface area contributed by atoms with Crippen molar-refractivity contribution in [3.63, 3.8) is 0 Å². The molecule has 0 aromatic heterocycles. The summed E-state index contributed by atoms with van der Waals surface area (Å²) in [7, 11) is 0. The van der Waals surface area contributed by atoms with Crippen LogP contribution in [0.1, 0.15) is 77.6 Å². The van der Waals surface area contributed by atoms with Crippen molar-refractivity contribution >= 4 is 11.1 Å². The summed E-state index contributed by atoms with van der Waals surface area (Å²) in [6, 6.07) is 0. The number of unbranched alkanes of at least 4 members (excludes halogenated alkanes) is 10. The Morgan fingerprint density at radius 2 is 1.12 bits per heavy atom. The molecule has 16 heavy (non-hydrogen) atoms. The zero-order chi connectivity index (χ0) is 12.1. The molecule has 0 rings (SSSR count). The van der Waals surface area contributed by atoms with Crippen LogP contribution in [0.25, 0.3) is 0 Å². The molecule has 0 aliphatic heterocycles. The topological polar surface area (TPSA) is 40.1 Å². The fraction of sp³-hybridized carbons (Fsp3) is 1.00. The minimum absolute atomic E-state index is 0.344. The van der Waals surface area contributed by atoms with E-state index in [1.54, 1.807) is 0 Å². The van der Waals surface area contributed by atoms with Crippen molar-refractivity contribution in [2.75, 3.05) is 5.75 Å². The standard InChI is InChI=1S/C13H28O2S/c1-2-3-4-5-6-7-8-9-10-11-12-13-16(14)15/h2-13H2,1H3,(H,14,15)/p-1. The Hall–Kier alpha value is 0.110. The molecule has 98 valence electrons. The van der Waals surface area contributed by atoms with Crippen molar-refractivity contribution in [1.29, 1.82) is 0 Å². The Labute approximate surface area is 103 Å². The van der Waals surface area contributed by atoms with E-state index >= 15 is 0 Å². The van der Waals surface area contributed by atoms with E-state index in [1.165, 1.54) is 57.8 Å². The zero-order valence-electron chi connectivity index (χ0n) is 10.7. The Morgan fingerprint density at radius 3 is 1.50 bits per heavy atom. The highest BCUT2D eigenvalue weighted by Gasteiger charge is 1.92. The molecular formula is C13H27O2S-. The van der Waals surface area contributed by atoms with Crippen LogP contribution in [0.2, 0.25) is 0 Å². The minimum atomic E-state index is -1.83. The van der Waals surface area contributed by atoms with Gasteiger partial charge in [-0.2, -0.15) is 0 Å². The summed E-state index contributed by atoms with van der Waals surface area (Å²) >= 11 is -1.83. The smallest absolute Gasteiger partial charge is 0.0102 e. The number of rotatable bonds is 12. The van der Waals surface area contributed by atoms with Gasteiger partial charge in [0.1, 0.15) is 0 Å². The molecular weight excluding hydrogens is 220 g/mol. The molecule has 0 aliphatic carbocycles. The third kappa shape index (κ3) is 14.1. The average molecular weight is 247 g/mol. The predicted molar refractivity (Wildman–Crippen MR) is 70.2 cm³/mol. The Bertz CT molecular complexity index is 160. The van der Waals surface area contributed by atoms with E-state index < -0.39 is 11.1 Å². The summed E-state index contributed by atoms with van der Waals surface area (Å²) in [5.41, 5.74) is 0. The normalized spacial score (nSPS) is 12.9. The lowest BCUT2D eigenvalue weighted by atomic mass is 10.1. The predicted octanol–water partition coefficient (Wildman–Crippen LogP) is 4.18. The second kappa shape index (κ2) is 13.2. The van der Waals surface area contributed by atoms with E-state index in [2.05, 4.69) is 6.92 Å². The van der Waals surface area contributed by atoms with Gasteiger partial charge in [-0.15, -0.1) is 0 Å². The molecule has 0 heterocycles. The lowest BCUT2D eigenvalue weighted by molar-refractivity contribution is 0.528. The molecule has 0 spiro atoms. The Balaban J connectivity index is 2.90. The fourth-order valence-electron chi connectivity index (χ4n) is 1.88. The van der Waals surface area contributed by atoms with Gasteiger partial charge in [-0.3, -0.25) is 4.21 Å². The van der Waals surface area contributed by atoms with Crippen LogP contribution in [0, 0.1) is 0 Å². The van der Waals surface area contributed by atoms with Crippen LogP contribution in [0.15, 0.2) is 0 Å². The second-order valence-corrected chi connectivity index (χ2v) is 5.56. The van der Waals surface area contributed by atoms with E-state index in [9.17, 15) is 8.76 Å². The fourth-order valence-corrected chi connectivity index (χ4v) is 2.32. The number of hydrogen-bond donors (Lipinski definition) is 0. The molecule has 0 amide bonds. The molecule has 0 aromatic carbocycles. The van der Waals surface area contributed by atoms with Gasteiger partial charge >= 0.3 is 0 Å². The quantitative estimate of drug-likeness (QED) is 0.383. The maximum absolute atomic E-state index is 10.3. The molecule has 3 heteroatoms. The summed E-state index contributed by atoms with van der Waals surface area (Å²) in [6.07, 6.45) is 13.9. The van der Waals surface area contributed by atoms with Gasteiger partial charge in [-0.25, -0.2) is 0 Å². The lowest BCUT2D eigenvalue weighted by Gasteiger charge is -2.04. The van der Waals surface area contributed by atoms with Crippen LogP contribution in [0.5, 0.6) is 0 Å². The molecule has 0 fully saturated rings. The van der Waals surface area contributed by atoms with Gasteiger partial charge in [0.15, 0.2) is 0 Å². The minimum Gasteiger partial charge on any atom is -0.772 e. The van der Waals surface area contributed by atoms with Crippen LogP contribution in [-0.4, -0.2) is 14.5 Å². The monoisotopic (exact) mass is 247 g/mol. The summed E-state index contributed by atoms with van der Waals surface area (Å²) in [6.45, 7) is 2.24. The summed E-state index contributed by atoms with van der Waals surface area (Å²) in [5, 5.41) is 0. The van der Waals surface area contributed by atoms with Crippen molar-refractivity contribution < 1.29 is 8.76 Å². The third-order valence-electron chi connectivity index (χ3n) is 2.91. The SMILES string of the molecule is CCCCCCCCCCCCCS(=O)[O-]. The van der Waals surface area contributed by atoms with Crippen molar-refractivity contribution in [2.24, 2.45) is 0 Å².